The highest BCUT2D eigenvalue weighted by molar-refractivity contribution is 6.31. The zero-order valence-electron chi connectivity index (χ0n) is 10.8. The van der Waals surface area contributed by atoms with E-state index in [-0.39, 0.29) is 5.91 Å². The van der Waals surface area contributed by atoms with Crippen LogP contribution in [0.25, 0.3) is 0 Å². The number of hydrogen-bond donors (Lipinski definition) is 1. The lowest BCUT2D eigenvalue weighted by Crippen LogP contribution is -2.45. The number of nitrogens with zero attached hydrogens (tertiary/aromatic N) is 1. The summed E-state index contributed by atoms with van der Waals surface area (Å²) in [6.07, 6.45) is 4.53. The number of nitrogens with one attached hydrogen (secondary N) is 1. The van der Waals surface area contributed by atoms with Crippen molar-refractivity contribution in [3.05, 3.63) is 34.9 Å². The number of hydrogen-bond acceptors (Lipinski definition) is 2. The molecule has 4 heteroatoms. The molecule has 0 aliphatic heterocycles. The second kappa shape index (κ2) is 6.08. The SMILES string of the molecule is N#CC1(NC(=O)CCc2ccccc2Cl)CCCC1. The average molecular weight is 277 g/mol. The Bertz CT molecular complexity index is 501. The molecule has 100 valence electrons. The molecule has 2 rings (SSSR count). The smallest absolute Gasteiger partial charge is 0.221 e. The zero-order valence-corrected chi connectivity index (χ0v) is 11.5. The average Bonchev–Trinajstić information content (AvgIpc) is 2.87. The van der Waals surface area contributed by atoms with Gasteiger partial charge in [-0.05, 0) is 43.7 Å². The van der Waals surface area contributed by atoms with Gasteiger partial charge in [-0.2, -0.15) is 5.26 Å². The monoisotopic (exact) mass is 276 g/mol. The summed E-state index contributed by atoms with van der Waals surface area (Å²) in [4.78, 5) is 11.9. The Morgan fingerprint density at radius 2 is 2.05 bits per heavy atom. The van der Waals surface area contributed by atoms with Gasteiger partial charge in [-0.15, -0.1) is 0 Å². The van der Waals surface area contributed by atoms with Crippen LogP contribution in [0.4, 0.5) is 0 Å². The van der Waals surface area contributed by atoms with E-state index in [4.69, 9.17) is 11.6 Å². The van der Waals surface area contributed by atoms with Crippen LogP contribution in [-0.2, 0) is 11.2 Å². The molecule has 1 N–H and O–H groups in total. The van der Waals surface area contributed by atoms with E-state index < -0.39 is 5.54 Å². The van der Waals surface area contributed by atoms with E-state index >= 15 is 0 Å². The molecule has 0 heterocycles. The van der Waals surface area contributed by atoms with Crippen molar-refractivity contribution in [3.8, 4) is 6.07 Å². The standard InChI is InChI=1S/C15H17ClN2O/c16-13-6-2-1-5-12(13)7-8-14(19)18-15(11-17)9-3-4-10-15/h1-2,5-6H,3-4,7-10H2,(H,18,19). The van der Waals surface area contributed by atoms with Crippen LogP contribution >= 0.6 is 11.6 Å². The zero-order chi connectivity index (χ0) is 13.7. The fourth-order valence-corrected chi connectivity index (χ4v) is 2.75. The molecule has 1 saturated carbocycles. The maximum absolute atomic E-state index is 11.9. The van der Waals surface area contributed by atoms with Gasteiger partial charge in [-0.25, -0.2) is 0 Å². The molecular formula is C15H17ClN2O. The Hall–Kier alpha value is -1.53. The molecule has 0 atom stereocenters. The Balaban J connectivity index is 1.89. The molecule has 0 spiro atoms. The first-order valence-electron chi connectivity index (χ1n) is 6.61. The molecule has 1 aromatic rings. The minimum Gasteiger partial charge on any atom is -0.338 e. The van der Waals surface area contributed by atoms with E-state index in [1.807, 2.05) is 24.3 Å². The van der Waals surface area contributed by atoms with Crippen molar-refractivity contribution in [3.63, 3.8) is 0 Å². The van der Waals surface area contributed by atoms with Crippen molar-refractivity contribution in [1.82, 2.24) is 5.32 Å². The van der Waals surface area contributed by atoms with E-state index in [1.165, 1.54) is 0 Å². The third-order valence-corrected chi connectivity index (χ3v) is 4.00. The fraction of sp³-hybridized carbons (Fsp3) is 0.467. The third-order valence-electron chi connectivity index (χ3n) is 3.63. The van der Waals surface area contributed by atoms with Gasteiger partial charge in [0.1, 0.15) is 5.54 Å². The summed E-state index contributed by atoms with van der Waals surface area (Å²) in [6, 6.07) is 9.78. The van der Waals surface area contributed by atoms with Crippen LogP contribution in [0.5, 0.6) is 0 Å². The van der Waals surface area contributed by atoms with Crippen LogP contribution in [0.2, 0.25) is 5.02 Å². The first-order valence-corrected chi connectivity index (χ1v) is 6.99. The number of aryl methyl sites for hydroxylation is 1. The van der Waals surface area contributed by atoms with Crippen LogP contribution in [-0.4, -0.2) is 11.4 Å². The second-order valence-electron chi connectivity index (χ2n) is 5.04. The van der Waals surface area contributed by atoms with E-state index in [0.717, 1.165) is 31.2 Å². The Kier molecular flexibility index (Phi) is 4.44. The number of carbonyl (C=O) groups excluding carboxylic acids is 1. The maximum atomic E-state index is 11.9. The quantitative estimate of drug-likeness (QED) is 0.918. The third kappa shape index (κ3) is 3.48. The highest BCUT2D eigenvalue weighted by Gasteiger charge is 2.35. The summed E-state index contributed by atoms with van der Waals surface area (Å²) in [5.74, 6) is -0.0663. The Morgan fingerprint density at radius 1 is 1.37 bits per heavy atom. The van der Waals surface area contributed by atoms with E-state index in [1.54, 1.807) is 0 Å². The minimum atomic E-state index is -0.627. The molecule has 1 amide bonds. The van der Waals surface area contributed by atoms with Gasteiger partial charge in [-0.1, -0.05) is 29.8 Å². The summed E-state index contributed by atoms with van der Waals surface area (Å²) < 4.78 is 0. The van der Waals surface area contributed by atoms with Crippen LogP contribution in [0.3, 0.4) is 0 Å². The molecule has 0 saturated heterocycles. The van der Waals surface area contributed by atoms with Crippen LogP contribution in [0.15, 0.2) is 24.3 Å². The topological polar surface area (TPSA) is 52.9 Å². The molecule has 0 unspecified atom stereocenters. The lowest BCUT2D eigenvalue weighted by molar-refractivity contribution is -0.122. The first-order chi connectivity index (χ1) is 9.15. The molecule has 1 aliphatic carbocycles. The molecular weight excluding hydrogens is 260 g/mol. The number of rotatable bonds is 4. The van der Waals surface area contributed by atoms with E-state index in [2.05, 4.69) is 11.4 Å². The lowest BCUT2D eigenvalue weighted by atomic mass is 9.99. The summed E-state index contributed by atoms with van der Waals surface area (Å²) in [6.45, 7) is 0. The highest BCUT2D eigenvalue weighted by atomic mass is 35.5. The largest absolute Gasteiger partial charge is 0.338 e. The van der Waals surface area contributed by atoms with Gasteiger partial charge in [0.2, 0.25) is 5.91 Å². The predicted octanol–water partition coefficient (Wildman–Crippen LogP) is 3.23. The number of carbonyl (C=O) groups is 1. The van der Waals surface area contributed by atoms with Crippen molar-refractivity contribution in [2.45, 2.75) is 44.1 Å². The summed E-state index contributed by atoms with van der Waals surface area (Å²) in [7, 11) is 0. The first kappa shape index (κ1) is 13.9. The highest BCUT2D eigenvalue weighted by Crippen LogP contribution is 2.29. The van der Waals surface area contributed by atoms with Gasteiger partial charge in [-0.3, -0.25) is 4.79 Å². The lowest BCUT2D eigenvalue weighted by Gasteiger charge is -2.21. The van der Waals surface area contributed by atoms with Gasteiger partial charge in [0, 0.05) is 11.4 Å². The molecule has 3 nitrogen and oxygen atoms in total. The van der Waals surface area contributed by atoms with Crippen molar-refractivity contribution in [2.75, 3.05) is 0 Å². The molecule has 19 heavy (non-hydrogen) atoms. The number of benzene rings is 1. The molecule has 1 aromatic carbocycles. The van der Waals surface area contributed by atoms with Crippen LogP contribution in [0.1, 0.15) is 37.7 Å². The van der Waals surface area contributed by atoms with Crippen molar-refractivity contribution in [2.24, 2.45) is 0 Å². The normalized spacial score (nSPS) is 16.8. The van der Waals surface area contributed by atoms with E-state index in [0.29, 0.717) is 17.9 Å². The molecule has 0 radical (unpaired) electrons. The van der Waals surface area contributed by atoms with Crippen LogP contribution in [0, 0.1) is 11.3 Å². The van der Waals surface area contributed by atoms with Gasteiger partial charge < -0.3 is 5.32 Å². The number of amides is 1. The van der Waals surface area contributed by atoms with Crippen molar-refractivity contribution < 1.29 is 4.79 Å². The Labute approximate surface area is 118 Å². The summed E-state index contributed by atoms with van der Waals surface area (Å²) in [5.41, 5.74) is 0.342. The number of halogens is 1. The summed E-state index contributed by atoms with van der Waals surface area (Å²) >= 11 is 6.05. The molecule has 1 aliphatic rings. The number of nitriles is 1. The van der Waals surface area contributed by atoms with Crippen molar-refractivity contribution in [1.29, 1.82) is 5.26 Å². The summed E-state index contributed by atoms with van der Waals surface area (Å²) in [5, 5.41) is 12.8. The van der Waals surface area contributed by atoms with Gasteiger partial charge in [0.25, 0.3) is 0 Å². The maximum Gasteiger partial charge on any atom is 0.221 e. The second-order valence-corrected chi connectivity index (χ2v) is 5.45. The molecule has 0 aromatic heterocycles. The van der Waals surface area contributed by atoms with Crippen molar-refractivity contribution >= 4 is 17.5 Å². The minimum absolute atomic E-state index is 0.0663. The van der Waals surface area contributed by atoms with E-state index in [9.17, 15) is 10.1 Å². The fourth-order valence-electron chi connectivity index (χ4n) is 2.52. The molecule has 0 bridgehead atoms. The van der Waals surface area contributed by atoms with Gasteiger partial charge in [0.15, 0.2) is 0 Å². The predicted molar refractivity (Wildman–Crippen MR) is 74.7 cm³/mol. The Morgan fingerprint density at radius 3 is 2.68 bits per heavy atom. The van der Waals surface area contributed by atoms with Gasteiger partial charge in [0.05, 0.1) is 6.07 Å². The van der Waals surface area contributed by atoms with Crippen LogP contribution < -0.4 is 5.32 Å². The van der Waals surface area contributed by atoms with Gasteiger partial charge >= 0.3 is 0 Å². The molecule has 1 fully saturated rings.